The second kappa shape index (κ2) is 6.09. The third-order valence-corrected chi connectivity index (χ3v) is 3.83. The molecule has 3 aromatic rings. The van der Waals surface area contributed by atoms with Gasteiger partial charge in [-0.1, -0.05) is 30.3 Å². The first-order chi connectivity index (χ1) is 11.1. The van der Waals surface area contributed by atoms with Crippen molar-refractivity contribution in [1.29, 1.82) is 0 Å². The molecule has 23 heavy (non-hydrogen) atoms. The molecule has 0 saturated heterocycles. The standard InChI is InChI=1S/C15H18N6O2/c1-20-12-11(13(22)18-15(20)23)21(14(17-12)19-16)9-5-8-10-6-3-2-4-7-10/h2-4,6-7H,5,8-9,16H2,1H3,(H,17,19)(H,18,22,23). The highest BCUT2D eigenvalue weighted by Gasteiger charge is 2.16. The van der Waals surface area contributed by atoms with Crippen LogP contribution in [0.15, 0.2) is 39.9 Å². The van der Waals surface area contributed by atoms with E-state index < -0.39 is 11.2 Å². The summed E-state index contributed by atoms with van der Waals surface area (Å²) >= 11 is 0. The highest BCUT2D eigenvalue weighted by molar-refractivity contribution is 5.73. The summed E-state index contributed by atoms with van der Waals surface area (Å²) in [5, 5.41) is 0. The van der Waals surface area contributed by atoms with Crippen LogP contribution in [0.25, 0.3) is 11.2 Å². The van der Waals surface area contributed by atoms with Gasteiger partial charge in [-0.15, -0.1) is 0 Å². The molecule has 2 heterocycles. The summed E-state index contributed by atoms with van der Waals surface area (Å²) < 4.78 is 3.00. The summed E-state index contributed by atoms with van der Waals surface area (Å²) in [7, 11) is 1.56. The molecule has 2 aromatic heterocycles. The van der Waals surface area contributed by atoms with Gasteiger partial charge in [-0.25, -0.2) is 10.6 Å². The van der Waals surface area contributed by atoms with Crippen LogP contribution in [0.1, 0.15) is 12.0 Å². The van der Waals surface area contributed by atoms with Crippen molar-refractivity contribution in [1.82, 2.24) is 19.1 Å². The van der Waals surface area contributed by atoms with Crippen LogP contribution < -0.4 is 22.5 Å². The lowest BCUT2D eigenvalue weighted by Crippen LogP contribution is -2.29. The Balaban J connectivity index is 1.95. The van der Waals surface area contributed by atoms with Gasteiger partial charge in [0.1, 0.15) is 0 Å². The molecule has 3 rings (SSSR count). The largest absolute Gasteiger partial charge is 0.329 e. The van der Waals surface area contributed by atoms with Gasteiger partial charge in [0.25, 0.3) is 5.56 Å². The molecule has 4 N–H and O–H groups in total. The van der Waals surface area contributed by atoms with Crippen LogP contribution in [0.4, 0.5) is 5.95 Å². The van der Waals surface area contributed by atoms with Gasteiger partial charge < -0.3 is 4.57 Å². The lowest BCUT2D eigenvalue weighted by Gasteiger charge is -2.08. The molecule has 0 radical (unpaired) electrons. The number of benzene rings is 1. The van der Waals surface area contributed by atoms with Gasteiger partial charge >= 0.3 is 5.69 Å². The van der Waals surface area contributed by atoms with E-state index in [1.165, 1.54) is 10.1 Å². The molecule has 0 unspecified atom stereocenters. The molecule has 0 spiro atoms. The number of nitrogens with zero attached hydrogens (tertiary/aromatic N) is 3. The van der Waals surface area contributed by atoms with E-state index in [1.54, 1.807) is 11.6 Å². The Morgan fingerprint density at radius 3 is 2.70 bits per heavy atom. The zero-order valence-corrected chi connectivity index (χ0v) is 12.7. The summed E-state index contributed by atoms with van der Waals surface area (Å²) in [5.41, 5.74) is 3.41. The Bertz CT molecular complexity index is 938. The monoisotopic (exact) mass is 314 g/mol. The number of hydrazine groups is 1. The number of aryl methyl sites for hydroxylation is 3. The van der Waals surface area contributed by atoms with Crippen molar-refractivity contribution in [2.45, 2.75) is 19.4 Å². The Hall–Kier alpha value is -2.87. The molecule has 8 nitrogen and oxygen atoms in total. The van der Waals surface area contributed by atoms with Gasteiger partial charge in [-0.05, 0) is 18.4 Å². The van der Waals surface area contributed by atoms with Crippen molar-refractivity contribution in [3.63, 3.8) is 0 Å². The van der Waals surface area contributed by atoms with E-state index in [1.807, 2.05) is 18.2 Å². The average molecular weight is 314 g/mol. The highest BCUT2D eigenvalue weighted by atomic mass is 16.2. The molecule has 1 aromatic carbocycles. The number of H-pyrrole nitrogens is 1. The SMILES string of the molecule is Cn1c(=O)[nH]c(=O)c2c1nc(NN)n2CCCc1ccccc1. The van der Waals surface area contributed by atoms with Crippen molar-refractivity contribution in [3.05, 3.63) is 56.7 Å². The third kappa shape index (κ3) is 2.76. The quantitative estimate of drug-likeness (QED) is 0.464. The van der Waals surface area contributed by atoms with Crippen molar-refractivity contribution in [2.24, 2.45) is 12.9 Å². The summed E-state index contributed by atoms with van der Waals surface area (Å²) in [6.45, 7) is 0.562. The van der Waals surface area contributed by atoms with E-state index in [0.717, 1.165) is 12.8 Å². The minimum Gasteiger partial charge on any atom is -0.303 e. The molecule has 0 amide bonds. The minimum absolute atomic E-state index is 0.311. The normalized spacial score (nSPS) is 11.0. The summed E-state index contributed by atoms with van der Waals surface area (Å²) in [4.78, 5) is 30.3. The van der Waals surface area contributed by atoms with Crippen molar-refractivity contribution >= 4 is 17.1 Å². The second-order valence-corrected chi connectivity index (χ2v) is 5.31. The average Bonchev–Trinajstić information content (AvgIpc) is 2.93. The summed E-state index contributed by atoms with van der Waals surface area (Å²) in [5.74, 6) is 5.86. The number of nitrogens with one attached hydrogen (secondary N) is 2. The molecular formula is C15H18N6O2. The number of nitrogen functional groups attached to an aromatic ring is 1. The fourth-order valence-electron chi connectivity index (χ4n) is 2.65. The van der Waals surface area contributed by atoms with Crippen LogP contribution in [0.5, 0.6) is 0 Å². The number of hydrogen-bond acceptors (Lipinski definition) is 5. The minimum atomic E-state index is -0.500. The van der Waals surface area contributed by atoms with E-state index in [0.29, 0.717) is 23.7 Å². The number of anilines is 1. The topological polar surface area (TPSA) is 111 Å². The maximum Gasteiger partial charge on any atom is 0.329 e. The first-order valence-electron chi connectivity index (χ1n) is 7.32. The van der Waals surface area contributed by atoms with Crippen molar-refractivity contribution < 1.29 is 0 Å². The molecule has 0 fully saturated rings. The van der Waals surface area contributed by atoms with Gasteiger partial charge in [0.2, 0.25) is 5.95 Å². The molecule has 0 aliphatic rings. The molecule has 8 heteroatoms. The van der Waals surface area contributed by atoms with E-state index in [-0.39, 0.29) is 0 Å². The first kappa shape index (κ1) is 15.0. The van der Waals surface area contributed by atoms with Crippen LogP contribution in [0, 0.1) is 0 Å². The number of hydrogen-bond donors (Lipinski definition) is 3. The number of aromatic amines is 1. The smallest absolute Gasteiger partial charge is 0.303 e. The second-order valence-electron chi connectivity index (χ2n) is 5.31. The Morgan fingerprint density at radius 1 is 1.26 bits per heavy atom. The van der Waals surface area contributed by atoms with Crippen LogP contribution in [0.3, 0.4) is 0 Å². The predicted molar refractivity (Wildman–Crippen MR) is 88.2 cm³/mol. The van der Waals surface area contributed by atoms with Crippen molar-refractivity contribution in [2.75, 3.05) is 5.43 Å². The van der Waals surface area contributed by atoms with Crippen molar-refractivity contribution in [3.8, 4) is 0 Å². The number of imidazole rings is 1. The highest BCUT2D eigenvalue weighted by Crippen LogP contribution is 2.15. The fraction of sp³-hybridized carbons (Fsp3) is 0.267. The van der Waals surface area contributed by atoms with Gasteiger partial charge in [0.15, 0.2) is 11.2 Å². The maximum atomic E-state index is 12.1. The van der Waals surface area contributed by atoms with Gasteiger partial charge in [-0.2, -0.15) is 4.98 Å². The van der Waals surface area contributed by atoms with Crippen LogP contribution in [-0.4, -0.2) is 19.1 Å². The predicted octanol–water partition coefficient (Wildman–Crippen LogP) is 0.342. The maximum absolute atomic E-state index is 12.1. The fourth-order valence-corrected chi connectivity index (χ4v) is 2.65. The molecule has 0 saturated carbocycles. The van der Waals surface area contributed by atoms with E-state index in [9.17, 15) is 9.59 Å². The van der Waals surface area contributed by atoms with Gasteiger partial charge in [0.05, 0.1) is 0 Å². The third-order valence-electron chi connectivity index (χ3n) is 3.83. The Labute approximate surface area is 131 Å². The number of rotatable bonds is 5. The molecule has 0 aliphatic carbocycles. The molecule has 0 atom stereocenters. The van der Waals surface area contributed by atoms with Gasteiger partial charge in [-0.3, -0.25) is 19.8 Å². The zero-order valence-electron chi connectivity index (χ0n) is 12.7. The lowest BCUT2D eigenvalue weighted by atomic mass is 10.1. The lowest BCUT2D eigenvalue weighted by molar-refractivity contribution is 0.659. The molecule has 0 aliphatic heterocycles. The number of aromatic nitrogens is 4. The Kier molecular flexibility index (Phi) is 3.98. The van der Waals surface area contributed by atoms with Crippen LogP contribution in [0.2, 0.25) is 0 Å². The van der Waals surface area contributed by atoms with E-state index in [2.05, 4.69) is 27.5 Å². The number of nitrogens with two attached hydrogens (primary N) is 1. The Morgan fingerprint density at radius 2 is 2.00 bits per heavy atom. The van der Waals surface area contributed by atoms with Crippen LogP contribution >= 0.6 is 0 Å². The van der Waals surface area contributed by atoms with E-state index >= 15 is 0 Å². The number of fused-ring (bicyclic) bond motifs is 1. The zero-order chi connectivity index (χ0) is 16.4. The summed E-state index contributed by atoms with van der Waals surface area (Å²) in [6, 6.07) is 10.1. The first-order valence-corrected chi connectivity index (χ1v) is 7.32. The molecule has 0 bridgehead atoms. The summed E-state index contributed by atoms with van der Waals surface area (Å²) in [6.07, 6.45) is 1.68. The molecule has 120 valence electrons. The van der Waals surface area contributed by atoms with Gasteiger partial charge in [0, 0.05) is 13.6 Å². The molecular weight excluding hydrogens is 296 g/mol. The van der Waals surface area contributed by atoms with E-state index in [4.69, 9.17) is 5.84 Å². The van der Waals surface area contributed by atoms with Crippen LogP contribution in [-0.2, 0) is 20.0 Å².